The van der Waals surface area contributed by atoms with Crippen molar-refractivity contribution in [2.45, 2.75) is 0 Å². The first kappa shape index (κ1) is 13.7. The highest BCUT2D eigenvalue weighted by Gasteiger charge is 2.12. The molecule has 1 aromatic rings. The van der Waals surface area contributed by atoms with Crippen LogP contribution in [-0.2, 0) is 10.0 Å². The minimum Gasteiger partial charge on any atom is -0.478 e. The number of carbonyl (C=O) groups is 1. The fourth-order valence-electron chi connectivity index (χ4n) is 1.10. The molecule has 0 atom stereocenters. The van der Waals surface area contributed by atoms with E-state index in [1.54, 1.807) is 0 Å². The molecule has 1 aromatic carbocycles. The lowest BCUT2D eigenvalue weighted by Gasteiger charge is -2.08. The van der Waals surface area contributed by atoms with Crippen molar-refractivity contribution in [3.8, 4) is 0 Å². The lowest BCUT2D eigenvalue weighted by atomic mass is 10.2. The minimum absolute atomic E-state index is 0.0727. The van der Waals surface area contributed by atoms with Gasteiger partial charge in [-0.2, -0.15) is 0 Å². The lowest BCUT2D eigenvalue weighted by molar-refractivity contribution is 0.0697. The van der Waals surface area contributed by atoms with E-state index in [9.17, 15) is 13.2 Å². The summed E-state index contributed by atoms with van der Waals surface area (Å²) >= 11 is 3.10. The molecule has 0 spiro atoms. The Balaban J connectivity index is 3.02. The van der Waals surface area contributed by atoms with Gasteiger partial charge in [0.15, 0.2) is 0 Å². The van der Waals surface area contributed by atoms with Gasteiger partial charge in [-0.1, -0.05) is 6.08 Å². The van der Waals surface area contributed by atoms with Crippen molar-refractivity contribution in [2.75, 3.05) is 10.5 Å². The zero-order valence-corrected chi connectivity index (χ0v) is 11.1. The van der Waals surface area contributed by atoms with Crippen molar-refractivity contribution in [3.63, 3.8) is 0 Å². The summed E-state index contributed by atoms with van der Waals surface area (Å²) in [6.45, 7) is 3.34. The number of hydrogen-bond donors (Lipinski definition) is 2. The zero-order chi connectivity index (χ0) is 13.1. The number of anilines is 1. The molecule has 0 saturated carbocycles. The van der Waals surface area contributed by atoms with Crippen molar-refractivity contribution in [1.29, 1.82) is 0 Å². The molecule has 92 valence electrons. The van der Waals surface area contributed by atoms with Crippen LogP contribution in [-0.4, -0.2) is 25.2 Å². The van der Waals surface area contributed by atoms with E-state index in [1.165, 1.54) is 24.3 Å². The molecule has 0 bridgehead atoms. The van der Waals surface area contributed by atoms with E-state index in [0.717, 1.165) is 0 Å². The summed E-state index contributed by atoms with van der Waals surface area (Å²) < 4.78 is 25.6. The Morgan fingerprint density at radius 2 is 2.18 bits per heavy atom. The fraction of sp³-hybridized carbons (Fsp3) is 0.100. The topological polar surface area (TPSA) is 83.5 Å². The van der Waals surface area contributed by atoms with Crippen molar-refractivity contribution in [2.24, 2.45) is 0 Å². The molecule has 0 unspecified atom stereocenters. The van der Waals surface area contributed by atoms with Gasteiger partial charge < -0.3 is 5.11 Å². The normalized spacial score (nSPS) is 10.9. The standard InChI is InChI=1S/C10H10BrNO4S/c1-2-5-17(15,16)12-9-4-3-7(10(13)14)6-8(9)11/h2-4,6,12H,1,5H2,(H,13,14). The molecule has 0 fully saturated rings. The van der Waals surface area contributed by atoms with Crippen molar-refractivity contribution in [3.05, 3.63) is 40.9 Å². The molecule has 5 nitrogen and oxygen atoms in total. The van der Waals surface area contributed by atoms with Crippen LogP contribution in [0.3, 0.4) is 0 Å². The van der Waals surface area contributed by atoms with Gasteiger partial charge in [0, 0.05) is 4.47 Å². The average Bonchev–Trinajstić information content (AvgIpc) is 2.20. The lowest BCUT2D eigenvalue weighted by Crippen LogP contribution is -2.15. The Bertz CT molecular complexity index is 553. The van der Waals surface area contributed by atoms with E-state index >= 15 is 0 Å². The average molecular weight is 320 g/mol. The number of halogens is 1. The smallest absolute Gasteiger partial charge is 0.335 e. The van der Waals surface area contributed by atoms with Gasteiger partial charge >= 0.3 is 5.97 Å². The third-order valence-corrected chi connectivity index (χ3v) is 3.68. The molecule has 0 aliphatic carbocycles. The first-order valence-corrected chi connectivity index (χ1v) is 6.94. The Hall–Kier alpha value is -1.34. The zero-order valence-electron chi connectivity index (χ0n) is 8.68. The van der Waals surface area contributed by atoms with Crippen LogP contribution < -0.4 is 4.72 Å². The van der Waals surface area contributed by atoms with E-state index in [4.69, 9.17) is 5.11 Å². The number of carboxylic acid groups (broad SMARTS) is 1. The number of rotatable bonds is 5. The van der Waals surface area contributed by atoms with Crippen LogP contribution in [0.25, 0.3) is 0 Å². The van der Waals surface area contributed by atoms with E-state index in [0.29, 0.717) is 4.47 Å². The molecule has 2 N–H and O–H groups in total. The van der Waals surface area contributed by atoms with Crippen LogP contribution >= 0.6 is 15.9 Å². The molecule has 17 heavy (non-hydrogen) atoms. The van der Waals surface area contributed by atoms with Crippen LogP contribution in [0.5, 0.6) is 0 Å². The van der Waals surface area contributed by atoms with Crippen molar-refractivity contribution >= 4 is 37.6 Å². The van der Waals surface area contributed by atoms with Crippen molar-refractivity contribution < 1.29 is 18.3 Å². The predicted octanol–water partition coefficient (Wildman–Crippen LogP) is 2.08. The SMILES string of the molecule is C=CCS(=O)(=O)Nc1ccc(C(=O)O)cc1Br. The van der Waals surface area contributed by atoms with Crippen LogP contribution in [0.4, 0.5) is 5.69 Å². The molecule has 0 radical (unpaired) electrons. The number of aromatic carboxylic acids is 1. The van der Waals surface area contributed by atoms with Crippen LogP contribution in [0.15, 0.2) is 35.3 Å². The first-order chi connectivity index (χ1) is 7.85. The van der Waals surface area contributed by atoms with Gasteiger partial charge in [0.2, 0.25) is 10.0 Å². The molecule has 0 amide bonds. The maximum absolute atomic E-state index is 11.5. The third-order valence-electron chi connectivity index (χ3n) is 1.82. The van der Waals surface area contributed by atoms with E-state index in [-0.39, 0.29) is 17.0 Å². The van der Waals surface area contributed by atoms with E-state index in [1.807, 2.05) is 0 Å². The molecule has 7 heteroatoms. The van der Waals surface area contributed by atoms with E-state index < -0.39 is 16.0 Å². The van der Waals surface area contributed by atoms with Gasteiger partial charge in [-0.15, -0.1) is 6.58 Å². The Labute approximate surface area is 107 Å². The summed E-state index contributed by atoms with van der Waals surface area (Å²) in [5.41, 5.74) is 0.361. The van der Waals surface area contributed by atoms with Crippen molar-refractivity contribution in [1.82, 2.24) is 0 Å². The summed E-state index contributed by atoms with van der Waals surface area (Å²) in [5.74, 6) is -1.29. The van der Waals surface area contributed by atoms with Crippen LogP contribution in [0.2, 0.25) is 0 Å². The summed E-state index contributed by atoms with van der Waals surface area (Å²) in [4.78, 5) is 10.7. The third kappa shape index (κ3) is 3.86. The molecule has 0 aliphatic heterocycles. The number of nitrogens with one attached hydrogen (secondary N) is 1. The highest BCUT2D eigenvalue weighted by atomic mass is 79.9. The summed E-state index contributed by atoms with van der Waals surface area (Å²) in [7, 11) is -3.49. The molecule has 0 aromatic heterocycles. The molecule has 0 aliphatic rings. The quantitative estimate of drug-likeness (QED) is 0.814. The summed E-state index contributed by atoms with van der Waals surface area (Å²) in [5, 5.41) is 8.74. The summed E-state index contributed by atoms with van der Waals surface area (Å²) in [6, 6.07) is 4.03. The minimum atomic E-state index is -3.49. The monoisotopic (exact) mass is 319 g/mol. The predicted molar refractivity (Wildman–Crippen MR) is 68.7 cm³/mol. The number of carboxylic acids is 1. The second-order valence-corrected chi connectivity index (χ2v) is 5.79. The van der Waals surface area contributed by atoms with Crippen LogP contribution in [0, 0.1) is 0 Å². The van der Waals surface area contributed by atoms with Gasteiger partial charge in [-0.05, 0) is 34.1 Å². The molecule has 0 heterocycles. The fourth-order valence-corrected chi connectivity index (χ4v) is 2.61. The Kier molecular flexibility index (Phi) is 4.30. The highest BCUT2D eigenvalue weighted by Crippen LogP contribution is 2.24. The second-order valence-electron chi connectivity index (χ2n) is 3.17. The summed E-state index contributed by atoms with van der Waals surface area (Å²) in [6.07, 6.45) is 1.27. The Morgan fingerprint density at radius 1 is 1.53 bits per heavy atom. The molecular weight excluding hydrogens is 310 g/mol. The largest absolute Gasteiger partial charge is 0.478 e. The van der Waals surface area contributed by atoms with Gasteiger partial charge in [0.25, 0.3) is 0 Å². The number of benzene rings is 1. The van der Waals surface area contributed by atoms with Gasteiger partial charge in [-0.25, -0.2) is 13.2 Å². The first-order valence-electron chi connectivity index (χ1n) is 4.50. The van der Waals surface area contributed by atoms with Gasteiger partial charge in [-0.3, -0.25) is 4.72 Å². The molecule has 0 saturated heterocycles. The van der Waals surface area contributed by atoms with E-state index in [2.05, 4.69) is 27.2 Å². The molecular formula is C10H10BrNO4S. The maximum Gasteiger partial charge on any atom is 0.335 e. The van der Waals surface area contributed by atoms with Crippen LogP contribution in [0.1, 0.15) is 10.4 Å². The Morgan fingerprint density at radius 3 is 2.65 bits per heavy atom. The van der Waals surface area contributed by atoms with Gasteiger partial charge in [0.05, 0.1) is 17.0 Å². The number of hydrogen-bond acceptors (Lipinski definition) is 3. The van der Waals surface area contributed by atoms with Gasteiger partial charge in [0.1, 0.15) is 0 Å². The maximum atomic E-state index is 11.5. The highest BCUT2D eigenvalue weighted by molar-refractivity contribution is 9.10. The molecule has 1 rings (SSSR count). The second kappa shape index (κ2) is 5.33. The number of sulfonamides is 1.